The third-order valence-electron chi connectivity index (χ3n) is 2.69. The molecule has 0 heterocycles. The Bertz CT molecular complexity index is 383. The van der Waals surface area contributed by atoms with E-state index in [0.717, 1.165) is 32.6 Å². The zero-order chi connectivity index (χ0) is 15.4. The van der Waals surface area contributed by atoms with E-state index >= 15 is 0 Å². The van der Waals surface area contributed by atoms with Gasteiger partial charge in [0.25, 0.3) is 5.97 Å². The zero-order valence-corrected chi connectivity index (χ0v) is 12.5. The van der Waals surface area contributed by atoms with E-state index in [9.17, 15) is 4.79 Å². The molecule has 0 aliphatic heterocycles. The lowest BCUT2D eigenvalue weighted by Crippen LogP contribution is -2.19. The van der Waals surface area contributed by atoms with Gasteiger partial charge in [0.05, 0.1) is 5.92 Å². The Balaban J connectivity index is 0.000000796. The first-order valence-electron chi connectivity index (χ1n) is 6.97. The van der Waals surface area contributed by atoms with Crippen LogP contribution in [0.5, 0.6) is 5.75 Å². The molecule has 0 saturated carbocycles. The van der Waals surface area contributed by atoms with Crippen LogP contribution in [-0.2, 0) is 9.59 Å². The summed E-state index contributed by atoms with van der Waals surface area (Å²) >= 11 is 0. The van der Waals surface area contributed by atoms with Crippen LogP contribution in [0.25, 0.3) is 0 Å². The lowest BCUT2D eigenvalue weighted by molar-refractivity contribution is -0.139. The second kappa shape index (κ2) is 11.0. The van der Waals surface area contributed by atoms with Crippen molar-refractivity contribution in [3.8, 4) is 5.75 Å². The fourth-order valence-corrected chi connectivity index (χ4v) is 1.63. The quantitative estimate of drug-likeness (QED) is 0.634. The highest BCUT2D eigenvalue weighted by Crippen LogP contribution is 2.17. The summed E-state index contributed by atoms with van der Waals surface area (Å²) in [5.74, 6) is -0.246. The van der Waals surface area contributed by atoms with Crippen molar-refractivity contribution in [1.82, 2.24) is 0 Å². The van der Waals surface area contributed by atoms with Gasteiger partial charge in [0.1, 0.15) is 5.75 Å². The third-order valence-corrected chi connectivity index (χ3v) is 2.69. The average Bonchev–Trinajstić information content (AvgIpc) is 2.40. The van der Waals surface area contributed by atoms with E-state index in [1.165, 1.54) is 0 Å². The van der Waals surface area contributed by atoms with Crippen molar-refractivity contribution in [1.29, 1.82) is 0 Å². The van der Waals surface area contributed by atoms with Crippen molar-refractivity contribution in [2.24, 2.45) is 5.92 Å². The topological polar surface area (TPSA) is 63.6 Å². The molecule has 4 nitrogen and oxygen atoms in total. The number of ether oxygens (including phenoxy) is 1. The second-order valence-corrected chi connectivity index (χ2v) is 4.50. The van der Waals surface area contributed by atoms with Crippen LogP contribution in [0.3, 0.4) is 0 Å². The molecule has 1 aromatic carbocycles. The highest BCUT2D eigenvalue weighted by atomic mass is 16.5. The first kappa shape index (κ1) is 18.2. The minimum Gasteiger partial charge on any atom is -0.481 e. The van der Waals surface area contributed by atoms with Crippen molar-refractivity contribution < 1.29 is 19.4 Å². The molecule has 0 bridgehead atoms. The number of para-hydroxylation sites is 1. The molecule has 4 heteroatoms. The highest BCUT2D eigenvalue weighted by molar-refractivity contribution is 5.75. The molecule has 0 aliphatic rings. The van der Waals surface area contributed by atoms with Crippen LogP contribution >= 0.6 is 0 Å². The Morgan fingerprint density at radius 3 is 2.20 bits per heavy atom. The number of hydrogen-bond acceptors (Lipinski definition) is 3. The van der Waals surface area contributed by atoms with Crippen molar-refractivity contribution in [3.05, 3.63) is 30.3 Å². The summed E-state index contributed by atoms with van der Waals surface area (Å²) in [5, 5.41) is 7.42. The maximum absolute atomic E-state index is 11.8. The first-order chi connectivity index (χ1) is 9.51. The summed E-state index contributed by atoms with van der Waals surface area (Å²) in [6, 6.07) is 9.27. The minimum atomic E-state index is -0.833. The Kier molecular flexibility index (Phi) is 10.0. The fourth-order valence-electron chi connectivity index (χ4n) is 1.63. The van der Waals surface area contributed by atoms with Crippen molar-refractivity contribution in [2.45, 2.75) is 46.5 Å². The molecular formula is C16H24O4. The fraction of sp³-hybridized carbons (Fsp3) is 0.500. The van der Waals surface area contributed by atoms with Crippen LogP contribution < -0.4 is 4.74 Å². The van der Waals surface area contributed by atoms with Gasteiger partial charge in [-0.1, -0.05) is 44.9 Å². The van der Waals surface area contributed by atoms with Crippen LogP contribution in [-0.4, -0.2) is 17.0 Å². The molecule has 1 rings (SSSR count). The number of carboxylic acids is 1. The largest absolute Gasteiger partial charge is 0.481 e. The van der Waals surface area contributed by atoms with Gasteiger partial charge >= 0.3 is 5.97 Å². The SMILES string of the molecule is CC(=O)O.CCCCC(CC)C(=O)Oc1ccccc1. The number of rotatable bonds is 6. The highest BCUT2D eigenvalue weighted by Gasteiger charge is 2.17. The number of hydrogen-bond donors (Lipinski definition) is 1. The molecule has 1 atom stereocenters. The van der Waals surface area contributed by atoms with Gasteiger partial charge in [-0.05, 0) is 25.0 Å². The maximum atomic E-state index is 11.8. The summed E-state index contributed by atoms with van der Waals surface area (Å²) in [7, 11) is 0. The molecule has 0 fully saturated rings. The number of carbonyl (C=O) groups is 2. The van der Waals surface area contributed by atoms with Crippen LogP contribution in [0.15, 0.2) is 30.3 Å². The number of benzene rings is 1. The van der Waals surface area contributed by atoms with Gasteiger partial charge in [-0.3, -0.25) is 9.59 Å². The van der Waals surface area contributed by atoms with Crippen LogP contribution in [0.2, 0.25) is 0 Å². The lowest BCUT2D eigenvalue weighted by atomic mass is 10.00. The average molecular weight is 280 g/mol. The number of esters is 1. The molecule has 0 radical (unpaired) electrons. The van der Waals surface area contributed by atoms with Crippen LogP contribution in [0.1, 0.15) is 46.5 Å². The minimum absolute atomic E-state index is 0.0418. The maximum Gasteiger partial charge on any atom is 0.314 e. The van der Waals surface area contributed by atoms with Crippen LogP contribution in [0.4, 0.5) is 0 Å². The Hall–Kier alpha value is -1.84. The Morgan fingerprint density at radius 2 is 1.75 bits per heavy atom. The van der Waals surface area contributed by atoms with E-state index in [2.05, 4.69) is 6.92 Å². The van der Waals surface area contributed by atoms with E-state index < -0.39 is 5.97 Å². The summed E-state index contributed by atoms with van der Waals surface area (Å²) in [4.78, 5) is 20.8. The molecule has 1 aromatic rings. The van der Waals surface area contributed by atoms with E-state index in [1.807, 2.05) is 37.3 Å². The van der Waals surface area contributed by atoms with Gasteiger partial charge in [-0.25, -0.2) is 0 Å². The van der Waals surface area contributed by atoms with Gasteiger partial charge in [0.15, 0.2) is 0 Å². The summed E-state index contributed by atoms with van der Waals surface area (Å²) < 4.78 is 5.33. The predicted molar refractivity (Wildman–Crippen MR) is 78.7 cm³/mol. The summed E-state index contributed by atoms with van der Waals surface area (Å²) in [6.07, 6.45) is 3.99. The van der Waals surface area contributed by atoms with Gasteiger partial charge < -0.3 is 9.84 Å². The molecule has 112 valence electrons. The van der Waals surface area contributed by atoms with Gasteiger partial charge in [0.2, 0.25) is 0 Å². The number of carboxylic acid groups (broad SMARTS) is 1. The van der Waals surface area contributed by atoms with Gasteiger partial charge in [0, 0.05) is 6.92 Å². The van der Waals surface area contributed by atoms with Gasteiger partial charge in [-0.2, -0.15) is 0 Å². The monoisotopic (exact) mass is 280 g/mol. The molecule has 0 aliphatic carbocycles. The number of unbranched alkanes of at least 4 members (excludes halogenated alkanes) is 1. The standard InChI is InChI=1S/C14H20O2.C2H4O2/c1-3-5-9-12(4-2)14(15)16-13-10-7-6-8-11-13;1-2(3)4/h6-8,10-12H,3-5,9H2,1-2H3;1H3,(H,3,4). The van der Waals surface area contributed by atoms with Crippen molar-refractivity contribution >= 4 is 11.9 Å². The van der Waals surface area contributed by atoms with Crippen LogP contribution in [0, 0.1) is 5.92 Å². The molecule has 20 heavy (non-hydrogen) atoms. The smallest absolute Gasteiger partial charge is 0.314 e. The molecule has 1 N–H and O–H groups in total. The molecule has 0 saturated heterocycles. The second-order valence-electron chi connectivity index (χ2n) is 4.50. The summed E-state index contributed by atoms with van der Waals surface area (Å²) in [5.41, 5.74) is 0. The Labute approximate surface area is 120 Å². The summed E-state index contributed by atoms with van der Waals surface area (Å²) in [6.45, 7) is 5.25. The van der Waals surface area contributed by atoms with E-state index in [-0.39, 0.29) is 11.9 Å². The zero-order valence-electron chi connectivity index (χ0n) is 12.5. The predicted octanol–water partition coefficient (Wildman–Crippen LogP) is 3.90. The van der Waals surface area contributed by atoms with E-state index in [0.29, 0.717) is 5.75 Å². The third kappa shape index (κ3) is 9.14. The van der Waals surface area contributed by atoms with E-state index in [4.69, 9.17) is 14.6 Å². The van der Waals surface area contributed by atoms with Crippen molar-refractivity contribution in [2.75, 3.05) is 0 Å². The molecule has 0 aromatic heterocycles. The number of aliphatic carboxylic acids is 1. The first-order valence-corrected chi connectivity index (χ1v) is 6.97. The molecule has 0 amide bonds. The Morgan fingerprint density at radius 1 is 1.20 bits per heavy atom. The van der Waals surface area contributed by atoms with Crippen molar-refractivity contribution in [3.63, 3.8) is 0 Å². The molecular weight excluding hydrogens is 256 g/mol. The molecule has 0 spiro atoms. The normalized spacial score (nSPS) is 10.9. The van der Waals surface area contributed by atoms with E-state index in [1.54, 1.807) is 0 Å². The lowest BCUT2D eigenvalue weighted by Gasteiger charge is -2.13. The molecule has 1 unspecified atom stereocenters. The number of carbonyl (C=O) groups excluding carboxylic acids is 1. The van der Waals surface area contributed by atoms with Gasteiger partial charge in [-0.15, -0.1) is 0 Å².